The SMILES string of the molecule is CC(C)O.CCCCC(C)(C)C. The van der Waals surface area contributed by atoms with Gasteiger partial charge in [0.2, 0.25) is 0 Å². The summed E-state index contributed by atoms with van der Waals surface area (Å²) in [6, 6.07) is 0. The van der Waals surface area contributed by atoms with Crippen LogP contribution in [0.4, 0.5) is 0 Å². The van der Waals surface area contributed by atoms with E-state index >= 15 is 0 Å². The third-order valence-corrected chi connectivity index (χ3v) is 1.28. The van der Waals surface area contributed by atoms with E-state index in [1.165, 1.54) is 19.3 Å². The van der Waals surface area contributed by atoms with Crippen molar-refractivity contribution in [1.29, 1.82) is 0 Å². The fourth-order valence-electron chi connectivity index (χ4n) is 0.707. The molecule has 76 valence electrons. The van der Waals surface area contributed by atoms with Gasteiger partial charge in [-0.05, 0) is 25.7 Å². The lowest BCUT2D eigenvalue weighted by atomic mass is 9.90. The normalized spacial score (nSPS) is 11.0. The second kappa shape index (κ2) is 7.60. The van der Waals surface area contributed by atoms with Gasteiger partial charge in [-0.3, -0.25) is 0 Å². The summed E-state index contributed by atoms with van der Waals surface area (Å²) in [7, 11) is 0. The zero-order valence-electron chi connectivity index (χ0n) is 9.65. The van der Waals surface area contributed by atoms with Gasteiger partial charge in [-0.2, -0.15) is 0 Å². The van der Waals surface area contributed by atoms with E-state index in [-0.39, 0.29) is 6.10 Å². The number of aliphatic hydroxyl groups is 1. The highest BCUT2D eigenvalue weighted by Crippen LogP contribution is 2.20. The molecule has 0 fully saturated rings. The highest BCUT2D eigenvalue weighted by molar-refractivity contribution is 4.59. The predicted octanol–water partition coefficient (Wildman–Crippen LogP) is 3.61. The molecule has 0 aromatic heterocycles. The van der Waals surface area contributed by atoms with Crippen LogP contribution in [0.1, 0.15) is 60.8 Å². The molecule has 0 amide bonds. The van der Waals surface area contributed by atoms with Crippen LogP contribution in [-0.4, -0.2) is 11.2 Å². The molecule has 1 N–H and O–H groups in total. The lowest BCUT2D eigenvalue weighted by Gasteiger charge is -2.16. The van der Waals surface area contributed by atoms with Gasteiger partial charge in [-0.1, -0.05) is 40.5 Å². The van der Waals surface area contributed by atoms with E-state index in [4.69, 9.17) is 5.11 Å². The first-order valence-corrected chi connectivity index (χ1v) is 4.97. The average Bonchev–Trinajstić information content (AvgIpc) is 1.80. The monoisotopic (exact) mass is 174 g/mol. The standard InChI is InChI=1S/C8H18.C3H8O/c1-5-6-7-8(2,3)4;1-3(2)4/h5-7H2,1-4H3;3-4H,1-2H3. The van der Waals surface area contributed by atoms with Gasteiger partial charge >= 0.3 is 0 Å². The van der Waals surface area contributed by atoms with Crippen molar-refractivity contribution >= 4 is 0 Å². The second-order valence-electron chi connectivity index (χ2n) is 4.76. The quantitative estimate of drug-likeness (QED) is 0.678. The van der Waals surface area contributed by atoms with E-state index in [9.17, 15) is 0 Å². The largest absolute Gasteiger partial charge is 0.394 e. The fourth-order valence-corrected chi connectivity index (χ4v) is 0.707. The number of unbranched alkanes of at least 4 members (excludes halogenated alkanes) is 1. The molecule has 0 aliphatic rings. The van der Waals surface area contributed by atoms with Crippen molar-refractivity contribution < 1.29 is 5.11 Å². The van der Waals surface area contributed by atoms with Crippen molar-refractivity contribution in [3.63, 3.8) is 0 Å². The average molecular weight is 174 g/mol. The maximum Gasteiger partial charge on any atom is 0.0483 e. The van der Waals surface area contributed by atoms with Crippen molar-refractivity contribution in [2.24, 2.45) is 5.41 Å². The molecule has 0 aromatic carbocycles. The number of aliphatic hydroxyl groups excluding tert-OH is 1. The van der Waals surface area contributed by atoms with Crippen LogP contribution in [0, 0.1) is 5.41 Å². The van der Waals surface area contributed by atoms with Crippen LogP contribution in [0.5, 0.6) is 0 Å². The zero-order chi connectivity index (χ0) is 10.2. The molecule has 12 heavy (non-hydrogen) atoms. The summed E-state index contributed by atoms with van der Waals surface area (Å²) in [6.07, 6.45) is 3.91. The predicted molar refractivity (Wildman–Crippen MR) is 56.3 cm³/mol. The fraction of sp³-hybridized carbons (Fsp3) is 1.00. The van der Waals surface area contributed by atoms with E-state index in [0.29, 0.717) is 5.41 Å². The first-order chi connectivity index (χ1) is 5.29. The van der Waals surface area contributed by atoms with E-state index in [2.05, 4.69) is 27.7 Å². The Hall–Kier alpha value is -0.0400. The molecule has 1 nitrogen and oxygen atoms in total. The van der Waals surface area contributed by atoms with Crippen molar-refractivity contribution in [2.45, 2.75) is 66.9 Å². The number of hydrogen-bond acceptors (Lipinski definition) is 1. The minimum absolute atomic E-state index is 0.167. The highest BCUT2D eigenvalue weighted by atomic mass is 16.3. The molecule has 0 bridgehead atoms. The van der Waals surface area contributed by atoms with Gasteiger partial charge in [-0.15, -0.1) is 0 Å². The molecular formula is C11H26O. The van der Waals surface area contributed by atoms with Gasteiger partial charge in [0.25, 0.3) is 0 Å². The highest BCUT2D eigenvalue weighted by Gasteiger charge is 2.07. The summed E-state index contributed by atoms with van der Waals surface area (Å²) in [5.41, 5.74) is 0.552. The molecule has 0 unspecified atom stereocenters. The Labute approximate surface area is 78.2 Å². The topological polar surface area (TPSA) is 20.2 Å². The van der Waals surface area contributed by atoms with Gasteiger partial charge in [0.05, 0.1) is 0 Å². The molecule has 1 heteroatoms. The van der Waals surface area contributed by atoms with Gasteiger partial charge in [0.1, 0.15) is 0 Å². The van der Waals surface area contributed by atoms with Crippen LogP contribution < -0.4 is 0 Å². The van der Waals surface area contributed by atoms with Crippen molar-refractivity contribution in [3.8, 4) is 0 Å². The molecule has 0 aromatic rings. The second-order valence-corrected chi connectivity index (χ2v) is 4.76. The van der Waals surface area contributed by atoms with E-state index in [1.807, 2.05) is 0 Å². The lowest BCUT2D eigenvalue weighted by Crippen LogP contribution is -2.03. The van der Waals surface area contributed by atoms with E-state index < -0.39 is 0 Å². The third kappa shape index (κ3) is 32.5. The molecule has 0 saturated carbocycles. The van der Waals surface area contributed by atoms with Crippen LogP contribution in [0.15, 0.2) is 0 Å². The van der Waals surface area contributed by atoms with Crippen molar-refractivity contribution in [1.82, 2.24) is 0 Å². The van der Waals surface area contributed by atoms with E-state index in [1.54, 1.807) is 13.8 Å². The van der Waals surface area contributed by atoms with Crippen LogP contribution >= 0.6 is 0 Å². The Kier molecular flexibility index (Phi) is 9.17. The summed E-state index contributed by atoms with van der Waals surface area (Å²) >= 11 is 0. The van der Waals surface area contributed by atoms with Gasteiger partial charge < -0.3 is 5.11 Å². The Balaban J connectivity index is 0. The van der Waals surface area contributed by atoms with Crippen molar-refractivity contribution in [2.75, 3.05) is 0 Å². The van der Waals surface area contributed by atoms with E-state index in [0.717, 1.165) is 0 Å². The number of rotatable bonds is 2. The summed E-state index contributed by atoms with van der Waals surface area (Å²) in [5, 5.41) is 8.06. The molecule has 0 saturated heterocycles. The molecule has 0 spiro atoms. The Morgan fingerprint density at radius 1 is 1.17 bits per heavy atom. The van der Waals surface area contributed by atoms with Gasteiger partial charge in [0, 0.05) is 6.10 Å². The summed E-state index contributed by atoms with van der Waals surface area (Å²) in [5.74, 6) is 0. The summed E-state index contributed by atoms with van der Waals surface area (Å²) in [4.78, 5) is 0. The molecule has 0 aliphatic heterocycles. The minimum atomic E-state index is -0.167. The lowest BCUT2D eigenvalue weighted by molar-refractivity contribution is 0.216. The zero-order valence-corrected chi connectivity index (χ0v) is 9.65. The van der Waals surface area contributed by atoms with Crippen LogP contribution in [0.2, 0.25) is 0 Å². The molecule has 0 atom stereocenters. The molecule has 0 heterocycles. The van der Waals surface area contributed by atoms with Crippen LogP contribution in [-0.2, 0) is 0 Å². The first-order valence-electron chi connectivity index (χ1n) is 4.97. The van der Waals surface area contributed by atoms with Gasteiger partial charge in [0.15, 0.2) is 0 Å². The molecule has 0 aliphatic carbocycles. The van der Waals surface area contributed by atoms with Crippen LogP contribution in [0.3, 0.4) is 0 Å². The maximum absolute atomic E-state index is 8.06. The molecule has 0 radical (unpaired) electrons. The third-order valence-electron chi connectivity index (χ3n) is 1.28. The minimum Gasteiger partial charge on any atom is -0.394 e. The summed E-state index contributed by atoms with van der Waals surface area (Å²) < 4.78 is 0. The van der Waals surface area contributed by atoms with Crippen molar-refractivity contribution in [3.05, 3.63) is 0 Å². The Morgan fingerprint density at radius 2 is 1.50 bits per heavy atom. The molecular weight excluding hydrogens is 148 g/mol. The Bertz CT molecular complexity index is 76.7. The maximum atomic E-state index is 8.06. The summed E-state index contributed by atoms with van der Waals surface area (Å²) in [6.45, 7) is 12.6. The Morgan fingerprint density at radius 3 is 1.58 bits per heavy atom. The van der Waals surface area contributed by atoms with Crippen LogP contribution in [0.25, 0.3) is 0 Å². The first kappa shape index (κ1) is 14.5. The molecule has 0 rings (SSSR count). The van der Waals surface area contributed by atoms with Gasteiger partial charge in [-0.25, -0.2) is 0 Å². The smallest absolute Gasteiger partial charge is 0.0483 e. The number of hydrogen-bond donors (Lipinski definition) is 1.